The summed E-state index contributed by atoms with van der Waals surface area (Å²) in [6, 6.07) is 1.35. The molecule has 1 nitrogen and oxygen atoms in total. The summed E-state index contributed by atoms with van der Waals surface area (Å²) < 4.78 is 6.23. The average molecular weight is 205 g/mol. The van der Waals surface area contributed by atoms with Gasteiger partial charge in [-0.1, -0.05) is 0 Å². The van der Waals surface area contributed by atoms with Gasteiger partial charge in [0.2, 0.25) is 0 Å². The van der Waals surface area contributed by atoms with Crippen molar-refractivity contribution in [2.24, 2.45) is 0 Å². The molecule has 0 aromatic rings. The number of hydrogen-bond acceptors (Lipinski definition) is 1. The molecule has 0 unspecified atom stereocenters. The van der Waals surface area contributed by atoms with E-state index in [4.69, 9.17) is 4.12 Å². The van der Waals surface area contributed by atoms with Crippen molar-refractivity contribution in [3.63, 3.8) is 0 Å². The first-order chi connectivity index (χ1) is 5.27. The Labute approximate surface area is 79.8 Å². The van der Waals surface area contributed by atoms with Gasteiger partial charge in [-0.25, -0.2) is 0 Å². The third-order valence-corrected chi connectivity index (χ3v) is 9.10. The molecule has 76 valence electrons. The molecule has 0 radical (unpaired) electrons. The van der Waals surface area contributed by atoms with Gasteiger partial charge in [0, 0.05) is 0 Å². The van der Waals surface area contributed by atoms with Crippen LogP contribution in [0.4, 0.5) is 0 Å². The van der Waals surface area contributed by atoms with Crippen molar-refractivity contribution in [1.82, 2.24) is 0 Å². The first kappa shape index (κ1) is 12.4. The average Bonchev–Trinajstić information content (AvgIpc) is 1.78. The van der Waals surface area contributed by atoms with Crippen LogP contribution >= 0.6 is 0 Å². The van der Waals surface area contributed by atoms with Gasteiger partial charge in [0.15, 0.2) is 0 Å². The molecule has 0 spiro atoms. The minimum absolute atomic E-state index is 1.27. The predicted octanol–water partition coefficient (Wildman–Crippen LogP) is 3.58. The van der Waals surface area contributed by atoms with Gasteiger partial charge in [0.1, 0.15) is 0 Å². The van der Waals surface area contributed by atoms with Crippen LogP contribution in [0.1, 0.15) is 19.8 Å². The maximum absolute atomic E-state index is 6.23. The Morgan fingerprint density at radius 2 is 1.67 bits per heavy atom. The van der Waals surface area contributed by atoms with Gasteiger partial charge in [-0.3, -0.25) is 0 Å². The standard InChI is InChI=1S/C9H25OSi2/c1-7-8-9-12(5,6)10-11(2,3)4/h12H,7-9H2,1-6H3/q-1. The Balaban J connectivity index is 3.86. The van der Waals surface area contributed by atoms with Crippen LogP contribution in [0.2, 0.25) is 38.8 Å². The van der Waals surface area contributed by atoms with Gasteiger partial charge in [-0.2, -0.15) is 0 Å². The molecule has 0 fully saturated rings. The molecule has 0 aliphatic heterocycles. The molecule has 0 heterocycles. The van der Waals surface area contributed by atoms with Crippen LogP contribution in [-0.4, -0.2) is 16.6 Å². The second kappa shape index (κ2) is 4.58. The molecular weight excluding hydrogens is 180 g/mol. The zero-order valence-corrected chi connectivity index (χ0v) is 11.8. The zero-order valence-electron chi connectivity index (χ0n) is 9.61. The third-order valence-electron chi connectivity index (χ3n) is 1.93. The van der Waals surface area contributed by atoms with Crippen LogP contribution in [-0.2, 0) is 4.12 Å². The first-order valence-electron chi connectivity index (χ1n) is 5.21. The first-order valence-corrected chi connectivity index (χ1v) is 12.2. The fraction of sp³-hybridized carbons (Fsp3) is 1.00. The molecule has 0 aliphatic carbocycles. The van der Waals surface area contributed by atoms with Crippen LogP contribution < -0.4 is 0 Å². The SMILES string of the molecule is CCCC[SiH-](C)(C)O[Si](C)(C)C. The van der Waals surface area contributed by atoms with Gasteiger partial charge in [0.05, 0.1) is 0 Å². The zero-order chi connectivity index (χ0) is 9.83. The maximum atomic E-state index is 6.23. The molecule has 0 atom stereocenters. The van der Waals surface area contributed by atoms with Gasteiger partial charge < -0.3 is 0 Å². The van der Waals surface area contributed by atoms with Gasteiger partial charge in [-0.15, -0.1) is 0 Å². The number of rotatable bonds is 5. The second-order valence-corrected chi connectivity index (χ2v) is 15.2. The summed E-state index contributed by atoms with van der Waals surface area (Å²) in [5.41, 5.74) is 0. The fourth-order valence-corrected chi connectivity index (χ4v) is 11.2. The monoisotopic (exact) mass is 205 g/mol. The second-order valence-electron chi connectivity index (χ2n) is 5.40. The van der Waals surface area contributed by atoms with Crippen molar-refractivity contribution in [3.05, 3.63) is 0 Å². The Kier molecular flexibility index (Phi) is 4.73. The van der Waals surface area contributed by atoms with Crippen LogP contribution in [0.3, 0.4) is 0 Å². The summed E-state index contributed by atoms with van der Waals surface area (Å²) in [6.45, 7) is 13.9. The molecule has 0 aromatic heterocycles. The van der Waals surface area contributed by atoms with Crippen LogP contribution in [0.25, 0.3) is 0 Å². The van der Waals surface area contributed by atoms with E-state index < -0.39 is 16.6 Å². The van der Waals surface area contributed by atoms with E-state index in [1.165, 1.54) is 18.9 Å². The van der Waals surface area contributed by atoms with Crippen molar-refractivity contribution in [2.45, 2.75) is 58.5 Å². The molecule has 12 heavy (non-hydrogen) atoms. The van der Waals surface area contributed by atoms with Crippen LogP contribution in [0.5, 0.6) is 0 Å². The molecular formula is C9H25OSi2-. The summed E-state index contributed by atoms with van der Waals surface area (Å²) in [7, 11) is -2.85. The van der Waals surface area contributed by atoms with Crippen molar-refractivity contribution in [3.8, 4) is 0 Å². The van der Waals surface area contributed by atoms with Crippen LogP contribution in [0, 0.1) is 0 Å². The molecule has 0 bridgehead atoms. The van der Waals surface area contributed by atoms with Crippen LogP contribution in [0.15, 0.2) is 0 Å². The van der Waals surface area contributed by atoms with Crippen molar-refractivity contribution < 1.29 is 4.12 Å². The summed E-state index contributed by atoms with van der Waals surface area (Å²) in [6.07, 6.45) is 2.65. The summed E-state index contributed by atoms with van der Waals surface area (Å²) >= 11 is 0. The molecule has 0 N–H and O–H groups in total. The van der Waals surface area contributed by atoms with E-state index >= 15 is 0 Å². The third kappa shape index (κ3) is 7.07. The van der Waals surface area contributed by atoms with Gasteiger partial charge >= 0.3 is 79.3 Å². The molecule has 0 saturated carbocycles. The van der Waals surface area contributed by atoms with E-state index in [2.05, 4.69) is 39.7 Å². The molecule has 0 aromatic carbocycles. The normalized spacial score (nSPS) is 14.8. The summed E-state index contributed by atoms with van der Waals surface area (Å²) in [5.74, 6) is 0. The Hall–Kier alpha value is 0.394. The topological polar surface area (TPSA) is 9.23 Å². The summed E-state index contributed by atoms with van der Waals surface area (Å²) in [5, 5.41) is 0. The molecule has 0 saturated heterocycles. The van der Waals surface area contributed by atoms with E-state index in [1.807, 2.05) is 0 Å². The van der Waals surface area contributed by atoms with E-state index in [9.17, 15) is 0 Å². The van der Waals surface area contributed by atoms with Crippen molar-refractivity contribution in [1.29, 1.82) is 0 Å². The van der Waals surface area contributed by atoms with Crippen molar-refractivity contribution in [2.75, 3.05) is 0 Å². The van der Waals surface area contributed by atoms with E-state index in [1.54, 1.807) is 0 Å². The Morgan fingerprint density at radius 1 is 1.17 bits per heavy atom. The number of unbranched alkanes of at least 4 members (excludes halogenated alkanes) is 1. The molecule has 3 heteroatoms. The molecule has 0 aliphatic rings. The predicted molar refractivity (Wildman–Crippen MR) is 63.0 cm³/mol. The Morgan fingerprint density at radius 3 is 2.00 bits per heavy atom. The van der Waals surface area contributed by atoms with E-state index in [-0.39, 0.29) is 0 Å². The molecule has 0 amide bonds. The van der Waals surface area contributed by atoms with Gasteiger partial charge in [-0.05, 0) is 0 Å². The van der Waals surface area contributed by atoms with Gasteiger partial charge in [0.25, 0.3) is 0 Å². The Bertz CT molecular complexity index is 127. The minimum atomic E-state index is -1.58. The van der Waals surface area contributed by atoms with E-state index in [0.717, 1.165) is 0 Å². The number of hydrogen-bond donors (Lipinski definition) is 0. The molecule has 0 rings (SSSR count). The van der Waals surface area contributed by atoms with Crippen molar-refractivity contribution >= 4 is 16.6 Å². The van der Waals surface area contributed by atoms with E-state index in [0.29, 0.717) is 0 Å². The fourth-order valence-electron chi connectivity index (χ4n) is 1.71. The quantitative estimate of drug-likeness (QED) is 0.624. The summed E-state index contributed by atoms with van der Waals surface area (Å²) in [4.78, 5) is 0.